The Morgan fingerprint density at radius 2 is 1.24 bits per heavy atom. The molecule has 0 aliphatic rings. The van der Waals surface area contributed by atoms with Gasteiger partial charge in [0.15, 0.2) is 0 Å². The molecule has 0 aromatic heterocycles. The van der Waals surface area contributed by atoms with Crippen LogP contribution in [0.3, 0.4) is 0 Å². The standard InChI is InChI=1S/C16H30N6O3/c1-5-14(23)20(4)10-11-22(16(25)7-3)13-12-21(15(24)6-2)9-8-18-19-17/h5-13H2,1-4H3. The van der Waals surface area contributed by atoms with Gasteiger partial charge in [-0.15, -0.1) is 0 Å². The van der Waals surface area contributed by atoms with Crippen LogP contribution in [0, 0.1) is 0 Å². The Morgan fingerprint density at radius 1 is 0.800 bits per heavy atom. The van der Waals surface area contributed by atoms with Gasteiger partial charge in [0.25, 0.3) is 0 Å². The summed E-state index contributed by atoms with van der Waals surface area (Å²) in [6.45, 7) is 7.55. The van der Waals surface area contributed by atoms with Crippen molar-refractivity contribution in [1.29, 1.82) is 0 Å². The molecule has 142 valence electrons. The summed E-state index contributed by atoms with van der Waals surface area (Å²) in [4.78, 5) is 43.3. The zero-order valence-corrected chi connectivity index (χ0v) is 15.8. The first-order chi connectivity index (χ1) is 11.9. The molecule has 3 amide bonds. The van der Waals surface area contributed by atoms with E-state index in [4.69, 9.17) is 5.53 Å². The molecule has 0 aliphatic heterocycles. The second kappa shape index (κ2) is 13.1. The summed E-state index contributed by atoms with van der Waals surface area (Å²) in [6, 6.07) is 0. The van der Waals surface area contributed by atoms with Crippen molar-refractivity contribution in [1.82, 2.24) is 14.7 Å². The number of carbonyl (C=O) groups excluding carboxylic acids is 3. The largest absolute Gasteiger partial charge is 0.344 e. The highest BCUT2D eigenvalue weighted by molar-refractivity contribution is 5.77. The summed E-state index contributed by atoms with van der Waals surface area (Å²) in [7, 11) is 1.72. The Labute approximate surface area is 149 Å². The van der Waals surface area contributed by atoms with E-state index in [1.807, 2.05) is 0 Å². The molecule has 0 spiro atoms. The minimum atomic E-state index is -0.0460. The maximum atomic E-state index is 12.1. The van der Waals surface area contributed by atoms with Crippen molar-refractivity contribution in [2.45, 2.75) is 40.0 Å². The van der Waals surface area contributed by atoms with Gasteiger partial charge >= 0.3 is 0 Å². The first-order valence-electron chi connectivity index (χ1n) is 8.71. The molecule has 0 N–H and O–H groups in total. The molecule has 9 heteroatoms. The second-order valence-corrected chi connectivity index (χ2v) is 5.59. The van der Waals surface area contributed by atoms with E-state index in [2.05, 4.69) is 10.0 Å². The fourth-order valence-electron chi connectivity index (χ4n) is 2.29. The van der Waals surface area contributed by atoms with Gasteiger partial charge < -0.3 is 14.7 Å². The second-order valence-electron chi connectivity index (χ2n) is 5.59. The lowest BCUT2D eigenvalue weighted by molar-refractivity contribution is -0.136. The number of carbonyl (C=O) groups is 3. The normalized spacial score (nSPS) is 9.92. The van der Waals surface area contributed by atoms with Crippen molar-refractivity contribution in [2.75, 3.05) is 46.3 Å². The fourth-order valence-corrected chi connectivity index (χ4v) is 2.29. The number of nitrogens with zero attached hydrogens (tertiary/aromatic N) is 6. The van der Waals surface area contributed by atoms with Crippen LogP contribution < -0.4 is 0 Å². The minimum absolute atomic E-state index is 0.0173. The van der Waals surface area contributed by atoms with Gasteiger partial charge in [-0.3, -0.25) is 14.4 Å². The zero-order valence-electron chi connectivity index (χ0n) is 15.8. The summed E-state index contributed by atoms with van der Waals surface area (Å²) in [5.41, 5.74) is 8.35. The summed E-state index contributed by atoms with van der Waals surface area (Å²) in [6.07, 6.45) is 1.15. The van der Waals surface area contributed by atoms with E-state index in [0.29, 0.717) is 52.0 Å². The highest BCUT2D eigenvalue weighted by Crippen LogP contribution is 2.01. The van der Waals surface area contributed by atoms with E-state index in [9.17, 15) is 14.4 Å². The SMILES string of the molecule is CCC(=O)N(C)CCN(CCN(CCN=[N+]=[N-])C(=O)CC)C(=O)CC. The lowest BCUT2D eigenvalue weighted by Crippen LogP contribution is -2.44. The van der Waals surface area contributed by atoms with Crippen LogP contribution in [0.4, 0.5) is 0 Å². The number of hydrogen-bond donors (Lipinski definition) is 0. The summed E-state index contributed by atoms with van der Waals surface area (Å²) in [5.74, 6) is -0.0346. The molecule has 9 nitrogen and oxygen atoms in total. The van der Waals surface area contributed by atoms with Crippen molar-refractivity contribution in [3.63, 3.8) is 0 Å². The third kappa shape index (κ3) is 8.95. The smallest absolute Gasteiger partial charge is 0.222 e. The van der Waals surface area contributed by atoms with Gasteiger partial charge in [-0.05, 0) is 5.53 Å². The van der Waals surface area contributed by atoms with Crippen LogP contribution in [0.1, 0.15) is 40.0 Å². The topological polar surface area (TPSA) is 110 Å². The molecule has 0 fully saturated rings. The lowest BCUT2D eigenvalue weighted by atomic mass is 10.3. The fraction of sp³-hybridized carbons (Fsp3) is 0.812. The van der Waals surface area contributed by atoms with Crippen LogP contribution in [-0.4, -0.2) is 78.7 Å². The van der Waals surface area contributed by atoms with E-state index < -0.39 is 0 Å². The Kier molecular flexibility index (Phi) is 11.9. The number of azide groups is 1. The number of amides is 3. The molecule has 0 unspecified atom stereocenters. The highest BCUT2D eigenvalue weighted by atomic mass is 16.2. The molecular weight excluding hydrogens is 324 g/mol. The van der Waals surface area contributed by atoms with Gasteiger partial charge in [0.2, 0.25) is 17.7 Å². The van der Waals surface area contributed by atoms with Crippen LogP contribution in [-0.2, 0) is 14.4 Å². The van der Waals surface area contributed by atoms with Gasteiger partial charge in [-0.25, -0.2) is 0 Å². The number of rotatable bonds is 12. The third-order valence-electron chi connectivity index (χ3n) is 3.92. The molecule has 0 bridgehead atoms. The molecule has 0 aromatic carbocycles. The van der Waals surface area contributed by atoms with Gasteiger partial charge in [-0.2, -0.15) is 0 Å². The summed E-state index contributed by atoms with van der Waals surface area (Å²) < 4.78 is 0. The highest BCUT2D eigenvalue weighted by Gasteiger charge is 2.17. The van der Waals surface area contributed by atoms with E-state index >= 15 is 0 Å². The summed E-state index contributed by atoms with van der Waals surface area (Å²) >= 11 is 0. The van der Waals surface area contributed by atoms with Crippen molar-refractivity contribution in [2.24, 2.45) is 5.11 Å². The zero-order chi connectivity index (χ0) is 19.2. The third-order valence-corrected chi connectivity index (χ3v) is 3.92. The molecule has 25 heavy (non-hydrogen) atoms. The monoisotopic (exact) mass is 354 g/mol. The molecule has 0 radical (unpaired) electrons. The molecule has 0 saturated heterocycles. The summed E-state index contributed by atoms with van der Waals surface area (Å²) in [5, 5.41) is 3.46. The molecule has 0 aromatic rings. The van der Waals surface area contributed by atoms with Crippen molar-refractivity contribution in [3.05, 3.63) is 10.4 Å². The van der Waals surface area contributed by atoms with E-state index in [1.54, 1.807) is 42.5 Å². The molecule has 0 heterocycles. The number of likely N-dealkylation sites (N-methyl/N-ethyl adjacent to an activating group) is 1. The molecule has 0 aliphatic carbocycles. The Balaban J connectivity index is 4.75. The van der Waals surface area contributed by atoms with E-state index in [1.165, 1.54) is 0 Å². The molecule has 0 saturated carbocycles. The van der Waals surface area contributed by atoms with Crippen molar-refractivity contribution >= 4 is 17.7 Å². The average Bonchev–Trinajstić information content (AvgIpc) is 2.64. The van der Waals surface area contributed by atoms with Crippen LogP contribution in [0.25, 0.3) is 10.4 Å². The maximum absolute atomic E-state index is 12.1. The van der Waals surface area contributed by atoms with Gasteiger partial charge in [0.1, 0.15) is 0 Å². The average molecular weight is 354 g/mol. The predicted octanol–water partition coefficient (Wildman–Crippen LogP) is 1.64. The lowest BCUT2D eigenvalue weighted by Gasteiger charge is -2.29. The van der Waals surface area contributed by atoms with Crippen LogP contribution >= 0.6 is 0 Å². The first kappa shape index (κ1) is 22.7. The van der Waals surface area contributed by atoms with Gasteiger partial charge in [-0.1, -0.05) is 25.9 Å². The van der Waals surface area contributed by atoms with Gasteiger partial charge in [0.05, 0.1) is 0 Å². The Hall–Kier alpha value is -2.28. The number of hydrogen-bond acceptors (Lipinski definition) is 4. The Bertz CT molecular complexity index is 490. The molecule has 0 rings (SSSR count). The van der Waals surface area contributed by atoms with E-state index in [0.717, 1.165) is 0 Å². The van der Waals surface area contributed by atoms with Crippen molar-refractivity contribution < 1.29 is 14.4 Å². The molecular formula is C16H30N6O3. The van der Waals surface area contributed by atoms with Crippen LogP contribution in [0.15, 0.2) is 5.11 Å². The van der Waals surface area contributed by atoms with Gasteiger partial charge in [0, 0.05) is 70.5 Å². The van der Waals surface area contributed by atoms with Crippen LogP contribution in [0.2, 0.25) is 0 Å². The predicted molar refractivity (Wildman–Crippen MR) is 95.7 cm³/mol. The van der Waals surface area contributed by atoms with E-state index in [-0.39, 0.29) is 24.3 Å². The van der Waals surface area contributed by atoms with Crippen molar-refractivity contribution in [3.8, 4) is 0 Å². The quantitative estimate of drug-likeness (QED) is 0.302. The minimum Gasteiger partial charge on any atom is -0.344 e. The van der Waals surface area contributed by atoms with Crippen LogP contribution in [0.5, 0.6) is 0 Å². The molecule has 0 atom stereocenters. The maximum Gasteiger partial charge on any atom is 0.222 e. The Morgan fingerprint density at radius 3 is 1.68 bits per heavy atom. The first-order valence-corrected chi connectivity index (χ1v) is 8.71.